The van der Waals surface area contributed by atoms with Crippen molar-refractivity contribution in [3.05, 3.63) is 11.6 Å². The maximum absolute atomic E-state index is 10.9. The van der Waals surface area contributed by atoms with E-state index in [0.29, 0.717) is 13.0 Å². The second kappa shape index (κ2) is 4.16. The van der Waals surface area contributed by atoms with E-state index in [1.165, 1.54) is 12.0 Å². The molecule has 2 heteroatoms. The molecule has 0 atom stereocenters. The van der Waals surface area contributed by atoms with Crippen molar-refractivity contribution in [3.63, 3.8) is 0 Å². The molecule has 0 unspecified atom stereocenters. The molecule has 0 saturated heterocycles. The highest BCUT2D eigenvalue weighted by molar-refractivity contribution is 5.72. The van der Waals surface area contributed by atoms with Crippen LogP contribution in [0.5, 0.6) is 0 Å². The fourth-order valence-corrected chi connectivity index (χ4v) is 1.30. The molecular formula is C9H14O2. The van der Waals surface area contributed by atoms with Gasteiger partial charge < -0.3 is 4.74 Å². The third kappa shape index (κ3) is 2.74. The number of rotatable bonds is 3. The second-order valence-corrected chi connectivity index (χ2v) is 2.74. The summed E-state index contributed by atoms with van der Waals surface area (Å²) in [6.45, 7) is 2.33. The van der Waals surface area contributed by atoms with Crippen LogP contribution in [0.2, 0.25) is 0 Å². The van der Waals surface area contributed by atoms with Crippen LogP contribution in [0.25, 0.3) is 0 Å². The van der Waals surface area contributed by atoms with E-state index in [1.807, 2.05) is 6.92 Å². The van der Waals surface area contributed by atoms with E-state index in [1.54, 1.807) is 0 Å². The van der Waals surface area contributed by atoms with E-state index in [0.717, 1.165) is 12.8 Å². The van der Waals surface area contributed by atoms with Crippen LogP contribution >= 0.6 is 0 Å². The number of esters is 1. The zero-order valence-electron chi connectivity index (χ0n) is 6.93. The number of carbonyl (C=O) groups excluding carboxylic acids is 1. The first-order valence-corrected chi connectivity index (χ1v) is 4.16. The molecule has 0 fully saturated rings. The minimum Gasteiger partial charge on any atom is -0.466 e. The minimum atomic E-state index is -0.0827. The monoisotopic (exact) mass is 154 g/mol. The van der Waals surface area contributed by atoms with E-state index in [-0.39, 0.29) is 5.97 Å². The molecule has 0 saturated carbocycles. The fourth-order valence-electron chi connectivity index (χ4n) is 1.30. The predicted octanol–water partition coefficient (Wildman–Crippen LogP) is 2.05. The number of ether oxygens (including phenoxy) is 1. The fraction of sp³-hybridized carbons (Fsp3) is 0.667. The van der Waals surface area contributed by atoms with E-state index in [4.69, 9.17) is 4.74 Å². The predicted molar refractivity (Wildman–Crippen MR) is 43.2 cm³/mol. The highest BCUT2D eigenvalue weighted by atomic mass is 16.5. The first-order chi connectivity index (χ1) is 5.33. The van der Waals surface area contributed by atoms with E-state index in [2.05, 4.69) is 6.08 Å². The maximum atomic E-state index is 10.9. The summed E-state index contributed by atoms with van der Waals surface area (Å²) in [5.41, 5.74) is 1.25. The Bertz CT molecular complexity index is 170. The summed E-state index contributed by atoms with van der Waals surface area (Å²) in [6.07, 6.45) is 6.08. The van der Waals surface area contributed by atoms with Gasteiger partial charge in [0.25, 0.3) is 0 Å². The molecule has 2 nitrogen and oxygen atoms in total. The average Bonchev–Trinajstić information content (AvgIpc) is 2.40. The van der Waals surface area contributed by atoms with Gasteiger partial charge >= 0.3 is 5.97 Å². The normalized spacial score (nSPS) is 16.3. The highest BCUT2D eigenvalue weighted by Crippen LogP contribution is 2.20. The van der Waals surface area contributed by atoms with Crippen molar-refractivity contribution in [2.75, 3.05) is 6.61 Å². The van der Waals surface area contributed by atoms with Crippen LogP contribution in [-0.4, -0.2) is 12.6 Å². The van der Waals surface area contributed by atoms with Crippen molar-refractivity contribution in [2.45, 2.75) is 32.6 Å². The molecule has 62 valence electrons. The van der Waals surface area contributed by atoms with Gasteiger partial charge in [0.05, 0.1) is 13.0 Å². The summed E-state index contributed by atoms with van der Waals surface area (Å²) in [5, 5.41) is 0. The lowest BCUT2D eigenvalue weighted by atomic mass is 10.2. The van der Waals surface area contributed by atoms with Crippen LogP contribution in [0.15, 0.2) is 11.6 Å². The highest BCUT2D eigenvalue weighted by Gasteiger charge is 2.09. The molecule has 0 aromatic carbocycles. The van der Waals surface area contributed by atoms with Gasteiger partial charge in [-0.25, -0.2) is 0 Å². The molecule has 0 N–H and O–H groups in total. The first-order valence-electron chi connectivity index (χ1n) is 4.16. The van der Waals surface area contributed by atoms with Crippen LogP contribution in [0.3, 0.4) is 0 Å². The minimum absolute atomic E-state index is 0.0827. The second-order valence-electron chi connectivity index (χ2n) is 2.74. The quantitative estimate of drug-likeness (QED) is 0.459. The van der Waals surface area contributed by atoms with Crippen molar-refractivity contribution in [3.8, 4) is 0 Å². The smallest absolute Gasteiger partial charge is 0.309 e. The molecule has 1 rings (SSSR count). The Morgan fingerprint density at radius 1 is 1.73 bits per heavy atom. The molecule has 0 heterocycles. The summed E-state index contributed by atoms with van der Waals surface area (Å²) in [7, 11) is 0. The van der Waals surface area contributed by atoms with Gasteiger partial charge in [-0.2, -0.15) is 0 Å². The van der Waals surface area contributed by atoms with Gasteiger partial charge in [-0.15, -0.1) is 0 Å². The Hall–Kier alpha value is -0.790. The van der Waals surface area contributed by atoms with Gasteiger partial charge in [0.2, 0.25) is 0 Å². The van der Waals surface area contributed by atoms with Crippen molar-refractivity contribution in [1.29, 1.82) is 0 Å². The van der Waals surface area contributed by atoms with Crippen LogP contribution in [0.4, 0.5) is 0 Å². The molecule has 0 bridgehead atoms. The lowest BCUT2D eigenvalue weighted by Crippen LogP contribution is -2.04. The van der Waals surface area contributed by atoms with Gasteiger partial charge in [-0.3, -0.25) is 4.79 Å². The van der Waals surface area contributed by atoms with Gasteiger partial charge in [0.1, 0.15) is 0 Å². The summed E-state index contributed by atoms with van der Waals surface area (Å²) < 4.78 is 4.82. The average molecular weight is 154 g/mol. The number of carbonyl (C=O) groups is 1. The summed E-state index contributed by atoms with van der Waals surface area (Å²) in [4.78, 5) is 10.9. The van der Waals surface area contributed by atoms with Gasteiger partial charge in [-0.1, -0.05) is 11.6 Å². The number of allylic oxidation sites excluding steroid dienone is 1. The van der Waals surface area contributed by atoms with Crippen LogP contribution in [0.1, 0.15) is 32.6 Å². The first kappa shape index (κ1) is 8.31. The van der Waals surface area contributed by atoms with Crippen LogP contribution in [-0.2, 0) is 9.53 Å². The molecule has 0 aromatic rings. The standard InChI is InChI=1S/C9H14O2/c1-2-11-9(10)7-8-5-3-4-6-8/h5H,2-4,6-7H2,1H3. The third-order valence-electron chi connectivity index (χ3n) is 1.81. The summed E-state index contributed by atoms with van der Waals surface area (Å²) in [6, 6.07) is 0. The third-order valence-corrected chi connectivity index (χ3v) is 1.81. The zero-order chi connectivity index (χ0) is 8.10. The molecule has 0 aromatic heterocycles. The van der Waals surface area contributed by atoms with Crippen LogP contribution < -0.4 is 0 Å². The molecule has 0 amide bonds. The Labute approximate surface area is 67.2 Å². The Morgan fingerprint density at radius 2 is 2.55 bits per heavy atom. The summed E-state index contributed by atoms with van der Waals surface area (Å²) >= 11 is 0. The lowest BCUT2D eigenvalue weighted by Gasteiger charge is -2.00. The van der Waals surface area contributed by atoms with Gasteiger partial charge in [0.15, 0.2) is 0 Å². The Balaban J connectivity index is 2.24. The maximum Gasteiger partial charge on any atom is 0.309 e. The van der Waals surface area contributed by atoms with Crippen molar-refractivity contribution >= 4 is 5.97 Å². The molecule has 0 aliphatic heterocycles. The lowest BCUT2D eigenvalue weighted by molar-refractivity contribution is -0.142. The van der Waals surface area contributed by atoms with Crippen LogP contribution in [0, 0.1) is 0 Å². The molecule has 0 spiro atoms. The van der Waals surface area contributed by atoms with Gasteiger partial charge in [-0.05, 0) is 26.2 Å². The molecular weight excluding hydrogens is 140 g/mol. The SMILES string of the molecule is CCOC(=O)CC1=CCCC1. The Morgan fingerprint density at radius 3 is 3.09 bits per heavy atom. The molecule has 1 aliphatic carbocycles. The van der Waals surface area contributed by atoms with Gasteiger partial charge in [0, 0.05) is 0 Å². The molecule has 0 radical (unpaired) electrons. The topological polar surface area (TPSA) is 26.3 Å². The van der Waals surface area contributed by atoms with E-state index >= 15 is 0 Å². The number of hydrogen-bond acceptors (Lipinski definition) is 2. The zero-order valence-corrected chi connectivity index (χ0v) is 6.93. The number of hydrogen-bond donors (Lipinski definition) is 0. The molecule has 1 aliphatic rings. The van der Waals surface area contributed by atoms with E-state index < -0.39 is 0 Å². The Kier molecular flexibility index (Phi) is 3.14. The van der Waals surface area contributed by atoms with Crippen molar-refractivity contribution in [2.24, 2.45) is 0 Å². The summed E-state index contributed by atoms with van der Waals surface area (Å²) in [5.74, 6) is -0.0827. The van der Waals surface area contributed by atoms with Crippen molar-refractivity contribution < 1.29 is 9.53 Å². The van der Waals surface area contributed by atoms with Crippen molar-refractivity contribution in [1.82, 2.24) is 0 Å². The van der Waals surface area contributed by atoms with E-state index in [9.17, 15) is 4.79 Å². The molecule has 11 heavy (non-hydrogen) atoms. The largest absolute Gasteiger partial charge is 0.466 e.